The molecule has 0 aliphatic heterocycles. The van der Waals surface area contributed by atoms with Gasteiger partial charge in [-0.25, -0.2) is 0 Å². The van der Waals surface area contributed by atoms with Gasteiger partial charge in [0.2, 0.25) is 0 Å². The van der Waals surface area contributed by atoms with Crippen molar-refractivity contribution >= 4 is 0 Å². The molecule has 1 saturated carbocycles. The lowest BCUT2D eigenvalue weighted by Crippen LogP contribution is -2.43. The number of methoxy groups -OCH3 is 1. The van der Waals surface area contributed by atoms with Gasteiger partial charge in [-0.3, -0.25) is 0 Å². The third-order valence-electron chi connectivity index (χ3n) is 4.59. The molecule has 0 heterocycles. The van der Waals surface area contributed by atoms with Crippen molar-refractivity contribution in [3.05, 3.63) is 29.8 Å². The largest absolute Gasteiger partial charge is 0.496 e. The van der Waals surface area contributed by atoms with E-state index in [0.29, 0.717) is 12.1 Å². The first-order valence-electron chi connectivity index (χ1n) is 7.52. The molecule has 19 heavy (non-hydrogen) atoms. The van der Waals surface area contributed by atoms with Gasteiger partial charge < -0.3 is 10.1 Å². The van der Waals surface area contributed by atoms with Crippen LogP contribution < -0.4 is 10.1 Å². The van der Waals surface area contributed by atoms with Crippen LogP contribution in [0.1, 0.15) is 51.6 Å². The molecule has 0 radical (unpaired) electrons. The molecule has 2 nitrogen and oxygen atoms in total. The van der Waals surface area contributed by atoms with E-state index in [1.54, 1.807) is 7.11 Å². The number of rotatable bonds is 4. The lowest BCUT2D eigenvalue weighted by atomic mass is 9.78. The molecule has 3 atom stereocenters. The van der Waals surface area contributed by atoms with E-state index >= 15 is 0 Å². The fourth-order valence-electron chi connectivity index (χ4n) is 3.41. The Morgan fingerprint density at radius 3 is 2.42 bits per heavy atom. The second-order valence-electron chi connectivity index (χ2n) is 6.04. The Labute approximate surface area is 117 Å². The van der Waals surface area contributed by atoms with Crippen molar-refractivity contribution in [2.45, 2.75) is 52.1 Å². The van der Waals surface area contributed by atoms with Crippen molar-refractivity contribution in [1.82, 2.24) is 5.32 Å². The van der Waals surface area contributed by atoms with Crippen molar-refractivity contribution in [3.63, 3.8) is 0 Å². The fourth-order valence-corrected chi connectivity index (χ4v) is 3.41. The Hall–Kier alpha value is -1.02. The van der Waals surface area contributed by atoms with Crippen LogP contribution in [-0.2, 0) is 0 Å². The molecule has 1 aliphatic carbocycles. The van der Waals surface area contributed by atoms with E-state index < -0.39 is 0 Å². The highest BCUT2D eigenvalue weighted by Crippen LogP contribution is 2.32. The van der Waals surface area contributed by atoms with Crippen molar-refractivity contribution < 1.29 is 4.74 Å². The average Bonchev–Trinajstić information content (AvgIpc) is 2.42. The van der Waals surface area contributed by atoms with E-state index in [1.807, 2.05) is 12.1 Å². The van der Waals surface area contributed by atoms with Gasteiger partial charge in [-0.15, -0.1) is 0 Å². The van der Waals surface area contributed by atoms with E-state index in [2.05, 4.69) is 38.2 Å². The van der Waals surface area contributed by atoms with Crippen LogP contribution in [0.5, 0.6) is 5.75 Å². The SMILES string of the molecule is COc1ccccc1C(C)NC1C(C)CCCC1C. The summed E-state index contributed by atoms with van der Waals surface area (Å²) in [5, 5.41) is 3.83. The summed E-state index contributed by atoms with van der Waals surface area (Å²) in [5.41, 5.74) is 1.26. The first-order valence-corrected chi connectivity index (χ1v) is 7.52. The molecule has 0 spiro atoms. The Bertz CT molecular complexity index is 394. The standard InChI is InChI=1S/C17H27NO/c1-12-8-7-9-13(2)17(12)18-14(3)15-10-5-6-11-16(15)19-4/h5-6,10-14,17-18H,7-9H2,1-4H3. The van der Waals surface area contributed by atoms with Crippen LogP contribution in [-0.4, -0.2) is 13.2 Å². The molecule has 0 bridgehead atoms. The molecule has 106 valence electrons. The van der Waals surface area contributed by atoms with E-state index in [0.717, 1.165) is 17.6 Å². The highest BCUT2D eigenvalue weighted by atomic mass is 16.5. The molecular weight excluding hydrogens is 234 g/mol. The predicted molar refractivity (Wildman–Crippen MR) is 80.5 cm³/mol. The van der Waals surface area contributed by atoms with Gasteiger partial charge in [0.25, 0.3) is 0 Å². The van der Waals surface area contributed by atoms with Gasteiger partial charge in [0.15, 0.2) is 0 Å². The van der Waals surface area contributed by atoms with Crippen LogP contribution >= 0.6 is 0 Å². The number of ether oxygens (including phenoxy) is 1. The van der Waals surface area contributed by atoms with Gasteiger partial charge in [0, 0.05) is 17.6 Å². The van der Waals surface area contributed by atoms with Crippen LogP contribution in [0.25, 0.3) is 0 Å². The fraction of sp³-hybridized carbons (Fsp3) is 0.647. The van der Waals surface area contributed by atoms with Crippen LogP contribution in [0.4, 0.5) is 0 Å². The number of hydrogen-bond acceptors (Lipinski definition) is 2. The van der Waals surface area contributed by atoms with Gasteiger partial charge in [-0.05, 0) is 37.7 Å². The Morgan fingerprint density at radius 2 is 1.79 bits per heavy atom. The minimum atomic E-state index is 0.337. The summed E-state index contributed by atoms with van der Waals surface area (Å²) in [7, 11) is 1.75. The van der Waals surface area contributed by atoms with Gasteiger partial charge in [-0.1, -0.05) is 38.5 Å². The number of hydrogen-bond donors (Lipinski definition) is 1. The summed E-state index contributed by atoms with van der Waals surface area (Å²) in [4.78, 5) is 0. The third kappa shape index (κ3) is 3.30. The minimum absolute atomic E-state index is 0.337. The van der Waals surface area contributed by atoms with Crippen molar-refractivity contribution in [1.29, 1.82) is 0 Å². The topological polar surface area (TPSA) is 21.3 Å². The highest BCUT2D eigenvalue weighted by molar-refractivity contribution is 5.35. The van der Waals surface area contributed by atoms with Crippen LogP contribution in [0.15, 0.2) is 24.3 Å². The molecule has 0 amide bonds. The molecule has 1 aromatic rings. The second-order valence-corrected chi connectivity index (χ2v) is 6.04. The van der Waals surface area contributed by atoms with E-state index in [9.17, 15) is 0 Å². The van der Waals surface area contributed by atoms with Crippen LogP contribution in [0.2, 0.25) is 0 Å². The van der Waals surface area contributed by atoms with E-state index in [4.69, 9.17) is 4.74 Å². The summed E-state index contributed by atoms with van der Waals surface area (Å²) in [6.07, 6.45) is 4.07. The van der Waals surface area contributed by atoms with Crippen LogP contribution in [0.3, 0.4) is 0 Å². The Kier molecular flexibility index (Phi) is 4.87. The Morgan fingerprint density at radius 1 is 1.16 bits per heavy atom. The molecule has 0 aromatic heterocycles. The van der Waals surface area contributed by atoms with Crippen molar-refractivity contribution in [2.24, 2.45) is 11.8 Å². The van der Waals surface area contributed by atoms with E-state index in [1.165, 1.54) is 24.8 Å². The molecule has 2 rings (SSSR count). The van der Waals surface area contributed by atoms with Crippen LogP contribution in [0, 0.1) is 11.8 Å². The highest BCUT2D eigenvalue weighted by Gasteiger charge is 2.29. The summed E-state index contributed by atoms with van der Waals surface area (Å²) in [6.45, 7) is 7.00. The zero-order valence-electron chi connectivity index (χ0n) is 12.6. The molecule has 1 aliphatic rings. The molecule has 1 fully saturated rings. The molecule has 1 N–H and O–H groups in total. The van der Waals surface area contributed by atoms with Gasteiger partial charge >= 0.3 is 0 Å². The van der Waals surface area contributed by atoms with Gasteiger partial charge in [0.1, 0.15) is 5.75 Å². The summed E-state index contributed by atoms with van der Waals surface area (Å²) < 4.78 is 5.47. The number of para-hydroxylation sites is 1. The second kappa shape index (κ2) is 6.42. The summed E-state index contributed by atoms with van der Waals surface area (Å²) in [5.74, 6) is 2.51. The predicted octanol–water partition coefficient (Wildman–Crippen LogP) is 4.17. The van der Waals surface area contributed by atoms with Crippen molar-refractivity contribution in [2.75, 3.05) is 7.11 Å². The molecular formula is C17H27NO. The zero-order chi connectivity index (χ0) is 13.8. The summed E-state index contributed by atoms with van der Waals surface area (Å²) in [6, 6.07) is 9.28. The van der Waals surface area contributed by atoms with Gasteiger partial charge in [-0.2, -0.15) is 0 Å². The molecule has 3 unspecified atom stereocenters. The maximum atomic E-state index is 5.47. The van der Waals surface area contributed by atoms with Crippen molar-refractivity contribution in [3.8, 4) is 5.75 Å². The Balaban J connectivity index is 2.09. The smallest absolute Gasteiger partial charge is 0.123 e. The number of nitrogens with one attached hydrogen (secondary N) is 1. The van der Waals surface area contributed by atoms with Gasteiger partial charge in [0.05, 0.1) is 7.11 Å². The zero-order valence-corrected chi connectivity index (χ0v) is 12.6. The number of benzene rings is 1. The molecule has 0 saturated heterocycles. The maximum absolute atomic E-state index is 5.47. The van der Waals surface area contributed by atoms with E-state index in [-0.39, 0.29) is 0 Å². The minimum Gasteiger partial charge on any atom is -0.496 e. The summed E-state index contributed by atoms with van der Waals surface area (Å²) >= 11 is 0. The first kappa shape index (κ1) is 14.4. The maximum Gasteiger partial charge on any atom is 0.123 e. The lowest BCUT2D eigenvalue weighted by molar-refractivity contribution is 0.195. The monoisotopic (exact) mass is 261 g/mol. The average molecular weight is 261 g/mol. The normalized spacial score (nSPS) is 28.9. The lowest BCUT2D eigenvalue weighted by Gasteiger charge is -2.37. The quantitative estimate of drug-likeness (QED) is 0.878. The molecule has 2 heteroatoms. The third-order valence-corrected chi connectivity index (χ3v) is 4.59. The first-order chi connectivity index (χ1) is 9.13. The molecule has 1 aromatic carbocycles.